The number of amides is 1. The highest BCUT2D eigenvalue weighted by molar-refractivity contribution is 7.13. The van der Waals surface area contributed by atoms with Crippen LogP contribution in [0, 0.1) is 6.92 Å². The standard InChI is InChI=1S/C26H19F3N4OS/c1-15-7-8-18(31-25(34)16-4-2-5-17(12-16)26(27,28)29)13-21(15)32-23-14-20(22-6-3-11-35-22)19-9-10-30-24(19)33-23/h2-14H,1H3,(H,31,34)(H2,30,32,33). The molecule has 5 nitrogen and oxygen atoms in total. The van der Waals surface area contributed by atoms with Crippen molar-refractivity contribution in [1.82, 2.24) is 9.97 Å². The first-order chi connectivity index (χ1) is 16.8. The number of nitrogens with zero attached hydrogens (tertiary/aromatic N) is 1. The maximum Gasteiger partial charge on any atom is 0.416 e. The first-order valence-electron chi connectivity index (χ1n) is 10.7. The van der Waals surface area contributed by atoms with E-state index in [1.165, 1.54) is 12.1 Å². The van der Waals surface area contributed by atoms with Crippen molar-refractivity contribution in [1.29, 1.82) is 0 Å². The van der Waals surface area contributed by atoms with Crippen molar-refractivity contribution in [2.24, 2.45) is 0 Å². The van der Waals surface area contributed by atoms with Crippen molar-refractivity contribution in [3.8, 4) is 10.4 Å². The highest BCUT2D eigenvalue weighted by Crippen LogP contribution is 2.34. The van der Waals surface area contributed by atoms with Gasteiger partial charge in [0.1, 0.15) is 11.5 Å². The van der Waals surface area contributed by atoms with E-state index >= 15 is 0 Å². The van der Waals surface area contributed by atoms with Crippen LogP contribution < -0.4 is 10.6 Å². The average Bonchev–Trinajstić information content (AvgIpc) is 3.52. The Morgan fingerprint density at radius 3 is 2.66 bits per heavy atom. The third kappa shape index (κ3) is 4.76. The van der Waals surface area contributed by atoms with Crippen LogP contribution in [0.15, 0.2) is 78.3 Å². The smallest absolute Gasteiger partial charge is 0.346 e. The second-order valence-electron chi connectivity index (χ2n) is 7.96. The summed E-state index contributed by atoms with van der Waals surface area (Å²) >= 11 is 1.63. The van der Waals surface area contributed by atoms with E-state index in [-0.39, 0.29) is 5.56 Å². The minimum atomic E-state index is -4.52. The van der Waals surface area contributed by atoms with E-state index in [1.807, 2.05) is 48.8 Å². The number of aromatic nitrogens is 2. The normalized spacial score (nSPS) is 11.5. The summed E-state index contributed by atoms with van der Waals surface area (Å²) in [6.07, 6.45) is -2.68. The summed E-state index contributed by atoms with van der Waals surface area (Å²) in [5.74, 6) is -0.00961. The lowest BCUT2D eigenvalue weighted by atomic mass is 10.1. The summed E-state index contributed by atoms with van der Waals surface area (Å²) < 4.78 is 39.0. The molecule has 0 unspecified atom stereocenters. The highest BCUT2D eigenvalue weighted by atomic mass is 32.1. The zero-order valence-electron chi connectivity index (χ0n) is 18.4. The van der Waals surface area contributed by atoms with E-state index in [0.29, 0.717) is 17.2 Å². The van der Waals surface area contributed by atoms with Crippen LogP contribution in [-0.4, -0.2) is 15.9 Å². The zero-order chi connectivity index (χ0) is 24.6. The Balaban J connectivity index is 1.42. The zero-order valence-corrected chi connectivity index (χ0v) is 19.2. The Morgan fingerprint density at radius 1 is 1.03 bits per heavy atom. The van der Waals surface area contributed by atoms with Crippen LogP contribution in [0.2, 0.25) is 0 Å². The largest absolute Gasteiger partial charge is 0.416 e. The van der Waals surface area contributed by atoms with Gasteiger partial charge in [0.2, 0.25) is 0 Å². The van der Waals surface area contributed by atoms with Gasteiger partial charge in [0.05, 0.1) is 5.56 Å². The van der Waals surface area contributed by atoms with Crippen molar-refractivity contribution in [2.45, 2.75) is 13.1 Å². The number of carbonyl (C=O) groups excluding carboxylic acids is 1. The predicted molar refractivity (Wildman–Crippen MR) is 133 cm³/mol. The lowest BCUT2D eigenvalue weighted by Crippen LogP contribution is -2.14. The van der Waals surface area contributed by atoms with Crippen molar-refractivity contribution in [3.05, 3.63) is 95.0 Å². The van der Waals surface area contributed by atoms with Crippen LogP contribution in [-0.2, 0) is 6.18 Å². The van der Waals surface area contributed by atoms with Crippen LogP contribution in [0.1, 0.15) is 21.5 Å². The molecule has 35 heavy (non-hydrogen) atoms. The van der Waals surface area contributed by atoms with Crippen LogP contribution in [0.4, 0.5) is 30.4 Å². The quantitative estimate of drug-likeness (QED) is 0.236. The molecule has 5 aromatic rings. The van der Waals surface area contributed by atoms with Gasteiger partial charge in [0.25, 0.3) is 5.91 Å². The van der Waals surface area contributed by atoms with Gasteiger partial charge in [-0.3, -0.25) is 4.79 Å². The van der Waals surface area contributed by atoms with Crippen molar-refractivity contribution in [2.75, 3.05) is 10.6 Å². The second kappa shape index (κ2) is 8.92. The van der Waals surface area contributed by atoms with E-state index in [2.05, 4.69) is 20.6 Å². The minimum absolute atomic E-state index is 0.0747. The topological polar surface area (TPSA) is 69.8 Å². The molecule has 0 atom stereocenters. The fraction of sp³-hybridized carbons (Fsp3) is 0.0769. The predicted octanol–water partition coefficient (Wildman–Crippen LogP) is 7.61. The molecule has 0 aliphatic carbocycles. The van der Waals surface area contributed by atoms with Crippen molar-refractivity contribution < 1.29 is 18.0 Å². The van der Waals surface area contributed by atoms with Gasteiger partial charge < -0.3 is 15.6 Å². The number of H-pyrrole nitrogens is 1. The molecule has 0 aliphatic heterocycles. The van der Waals surface area contributed by atoms with Crippen LogP contribution in [0.5, 0.6) is 0 Å². The van der Waals surface area contributed by atoms with E-state index in [1.54, 1.807) is 23.5 Å². The number of alkyl halides is 3. The molecule has 176 valence electrons. The number of hydrogen-bond acceptors (Lipinski definition) is 4. The van der Waals surface area contributed by atoms with Crippen LogP contribution >= 0.6 is 11.3 Å². The summed E-state index contributed by atoms with van der Waals surface area (Å²) in [6, 6.07) is 17.6. The average molecular weight is 493 g/mol. The first kappa shape index (κ1) is 22.7. The molecule has 0 radical (unpaired) electrons. The number of halogens is 3. The van der Waals surface area contributed by atoms with Gasteiger partial charge in [0.15, 0.2) is 0 Å². The molecule has 0 aliphatic rings. The molecule has 0 bridgehead atoms. The molecular weight excluding hydrogens is 473 g/mol. The number of benzene rings is 2. The van der Waals surface area contributed by atoms with Gasteiger partial charge in [-0.05, 0) is 66.4 Å². The Hall–Kier alpha value is -4.11. The molecule has 0 fully saturated rings. The third-order valence-corrected chi connectivity index (χ3v) is 6.43. The lowest BCUT2D eigenvalue weighted by Gasteiger charge is -2.14. The number of aryl methyl sites for hydroxylation is 1. The van der Waals surface area contributed by atoms with Crippen molar-refractivity contribution in [3.63, 3.8) is 0 Å². The molecular formula is C26H19F3N4OS. The number of pyridine rings is 1. The highest BCUT2D eigenvalue weighted by Gasteiger charge is 2.30. The number of fused-ring (bicyclic) bond motifs is 1. The third-order valence-electron chi connectivity index (χ3n) is 5.53. The van der Waals surface area contributed by atoms with Gasteiger partial charge in [-0.15, -0.1) is 11.3 Å². The Bertz CT molecular complexity index is 1520. The van der Waals surface area contributed by atoms with E-state index in [9.17, 15) is 18.0 Å². The molecule has 0 saturated carbocycles. The fourth-order valence-corrected chi connectivity index (χ4v) is 4.51. The van der Waals surface area contributed by atoms with Crippen molar-refractivity contribution >= 4 is 45.5 Å². The van der Waals surface area contributed by atoms with Gasteiger partial charge in [-0.2, -0.15) is 13.2 Å². The second-order valence-corrected chi connectivity index (χ2v) is 8.91. The van der Waals surface area contributed by atoms with Gasteiger partial charge in [-0.25, -0.2) is 4.98 Å². The number of nitrogens with one attached hydrogen (secondary N) is 3. The molecule has 3 heterocycles. The lowest BCUT2D eigenvalue weighted by molar-refractivity contribution is -0.137. The summed E-state index contributed by atoms with van der Waals surface area (Å²) in [6.45, 7) is 1.91. The molecule has 3 aromatic heterocycles. The first-order valence-corrected chi connectivity index (χ1v) is 11.5. The SMILES string of the molecule is Cc1ccc(NC(=O)c2cccc(C(F)(F)F)c2)cc1Nc1cc(-c2cccs2)c2cc[nH]c2n1. The van der Waals surface area contributed by atoms with Crippen LogP contribution in [0.25, 0.3) is 21.5 Å². The van der Waals surface area contributed by atoms with Gasteiger partial charge >= 0.3 is 6.18 Å². The number of anilines is 3. The summed E-state index contributed by atoms with van der Waals surface area (Å²) in [5, 5.41) is 9.02. The number of thiophene rings is 1. The number of rotatable bonds is 5. The number of aromatic amines is 1. The van der Waals surface area contributed by atoms with Gasteiger partial charge in [-0.1, -0.05) is 18.2 Å². The van der Waals surface area contributed by atoms with E-state index in [4.69, 9.17) is 0 Å². The number of hydrogen-bond donors (Lipinski definition) is 3. The Morgan fingerprint density at radius 2 is 1.89 bits per heavy atom. The molecule has 2 aromatic carbocycles. The summed E-state index contributed by atoms with van der Waals surface area (Å²) in [5.41, 5.74) is 2.90. The molecule has 3 N–H and O–H groups in total. The minimum Gasteiger partial charge on any atom is -0.346 e. The Kier molecular flexibility index (Phi) is 5.78. The van der Waals surface area contributed by atoms with E-state index < -0.39 is 17.6 Å². The summed E-state index contributed by atoms with van der Waals surface area (Å²) in [4.78, 5) is 21.5. The maximum atomic E-state index is 13.0. The van der Waals surface area contributed by atoms with Crippen LogP contribution in [0.3, 0.4) is 0 Å². The maximum absolute atomic E-state index is 13.0. The fourth-order valence-electron chi connectivity index (χ4n) is 3.75. The monoisotopic (exact) mass is 492 g/mol. The molecule has 5 rings (SSSR count). The molecule has 0 spiro atoms. The molecule has 0 saturated heterocycles. The Labute approximate surface area is 202 Å². The summed E-state index contributed by atoms with van der Waals surface area (Å²) in [7, 11) is 0. The molecule has 1 amide bonds. The van der Waals surface area contributed by atoms with E-state index in [0.717, 1.165) is 39.2 Å². The number of carbonyl (C=O) groups is 1. The van der Waals surface area contributed by atoms with Gasteiger partial charge in [0, 0.05) is 39.0 Å². The molecule has 9 heteroatoms.